The molecular formula is C24H30N4O2. The van der Waals surface area contributed by atoms with Crippen molar-refractivity contribution in [3.8, 4) is 5.75 Å². The number of nitrogens with one attached hydrogen (secondary N) is 2. The average molecular weight is 407 g/mol. The predicted octanol–water partition coefficient (Wildman–Crippen LogP) is 4.18. The molecule has 0 aliphatic rings. The number of aryl methyl sites for hydroxylation is 1. The largest absolute Gasteiger partial charge is 0.497 e. The Hall–Kier alpha value is -3.28. The maximum Gasteiger partial charge on any atom is 0.315 e. The smallest absolute Gasteiger partial charge is 0.315 e. The molecule has 0 saturated heterocycles. The Balaban J connectivity index is 1.64. The lowest BCUT2D eigenvalue weighted by atomic mass is 10.0. The summed E-state index contributed by atoms with van der Waals surface area (Å²) in [6, 6.07) is 15.6. The first-order valence-electron chi connectivity index (χ1n) is 10.2. The van der Waals surface area contributed by atoms with E-state index < -0.39 is 0 Å². The lowest BCUT2D eigenvalue weighted by Crippen LogP contribution is -2.40. The molecule has 30 heavy (non-hydrogen) atoms. The molecule has 0 aliphatic heterocycles. The number of rotatable bonds is 8. The van der Waals surface area contributed by atoms with Crippen LogP contribution in [0.2, 0.25) is 0 Å². The van der Waals surface area contributed by atoms with E-state index in [9.17, 15) is 4.79 Å². The van der Waals surface area contributed by atoms with Crippen LogP contribution in [0.25, 0.3) is 0 Å². The molecule has 0 spiro atoms. The highest BCUT2D eigenvalue weighted by Crippen LogP contribution is 2.24. The van der Waals surface area contributed by atoms with Crippen molar-refractivity contribution in [2.45, 2.75) is 32.2 Å². The van der Waals surface area contributed by atoms with Gasteiger partial charge in [0.2, 0.25) is 0 Å². The van der Waals surface area contributed by atoms with Crippen molar-refractivity contribution >= 4 is 6.03 Å². The number of benzene rings is 2. The fourth-order valence-corrected chi connectivity index (χ4v) is 3.35. The fourth-order valence-electron chi connectivity index (χ4n) is 3.35. The zero-order chi connectivity index (χ0) is 21.5. The van der Waals surface area contributed by atoms with Gasteiger partial charge in [0, 0.05) is 26.0 Å². The summed E-state index contributed by atoms with van der Waals surface area (Å²) in [5.74, 6) is 2.00. The molecular weight excluding hydrogens is 376 g/mol. The van der Waals surface area contributed by atoms with Crippen LogP contribution in [0.3, 0.4) is 0 Å². The van der Waals surface area contributed by atoms with E-state index in [1.807, 2.05) is 42.1 Å². The molecule has 3 rings (SSSR count). The Morgan fingerprint density at radius 2 is 1.90 bits per heavy atom. The van der Waals surface area contributed by atoms with Gasteiger partial charge in [-0.05, 0) is 41.2 Å². The molecule has 158 valence electrons. The van der Waals surface area contributed by atoms with E-state index in [4.69, 9.17) is 4.74 Å². The number of urea groups is 1. The van der Waals surface area contributed by atoms with E-state index in [1.54, 1.807) is 13.3 Å². The number of amides is 2. The van der Waals surface area contributed by atoms with Crippen molar-refractivity contribution in [1.82, 2.24) is 20.2 Å². The molecule has 1 heterocycles. The molecule has 0 aliphatic carbocycles. The first-order chi connectivity index (χ1) is 14.5. The van der Waals surface area contributed by atoms with Crippen LogP contribution in [0.5, 0.6) is 5.75 Å². The Morgan fingerprint density at radius 1 is 1.13 bits per heavy atom. The first-order valence-corrected chi connectivity index (χ1v) is 10.2. The second kappa shape index (κ2) is 9.96. The molecule has 6 heteroatoms. The molecule has 2 amide bonds. The summed E-state index contributed by atoms with van der Waals surface area (Å²) in [5, 5.41) is 6.01. The van der Waals surface area contributed by atoms with E-state index in [0.29, 0.717) is 12.5 Å². The van der Waals surface area contributed by atoms with Gasteiger partial charge in [0.1, 0.15) is 17.6 Å². The number of hydrogen-bond donors (Lipinski definition) is 2. The van der Waals surface area contributed by atoms with Crippen LogP contribution < -0.4 is 15.4 Å². The van der Waals surface area contributed by atoms with Crippen LogP contribution in [0.1, 0.15) is 48.3 Å². The zero-order valence-electron chi connectivity index (χ0n) is 18.1. The Morgan fingerprint density at radius 3 is 2.53 bits per heavy atom. The minimum absolute atomic E-state index is 0.232. The van der Waals surface area contributed by atoms with E-state index in [0.717, 1.165) is 23.6 Å². The second-order valence-corrected chi connectivity index (χ2v) is 7.65. The molecule has 2 aromatic carbocycles. The van der Waals surface area contributed by atoms with E-state index >= 15 is 0 Å². The van der Waals surface area contributed by atoms with Gasteiger partial charge < -0.3 is 19.9 Å². The molecule has 1 aromatic heterocycles. The summed E-state index contributed by atoms with van der Waals surface area (Å²) in [6.07, 6.45) is 4.36. The molecule has 2 N–H and O–H groups in total. The van der Waals surface area contributed by atoms with Crippen LogP contribution >= 0.6 is 0 Å². The van der Waals surface area contributed by atoms with E-state index in [2.05, 4.69) is 53.7 Å². The lowest BCUT2D eigenvalue weighted by molar-refractivity contribution is 0.238. The van der Waals surface area contributed by atoms with Gasteiger partial charge in [-0.15, -0.1) is 0 Å². The third-order valence-electron chi connectivity index (χ3n) is 5.16. The second-order valence-electron chi connectivity index (χ2n) is 7.65. The van der Waals surface area contributed by atoms with Crippen LogP contribution in [-0.4, -0.2) is 29.2 Å². The summed E-state index contributed by atoms with van der Waals surface area (Å²) >= 11 is 0. The number of methoxy groups -OCH3 is 1. The Bertz CT molecular complexity index is 963. The van der Waals surface area contributed by atoms with Crippen molar-refractivity contribution in [1.29, 1.82) is 0 Å². The monoisotopic (exact) mass is 406 g/mol. The minimum atomic E-state index is -0.384. The van der Waals surface area contributed by atoms with Gasteiger partial charge >= 0.3 is 6.03 Å². The Labute approximate surface area is 178 Å². The maximum absolute atomic E-state index is 12.6. The number of hydrogen-bond acceptors (Lipinski definition) is 3. The standard InChI is InChI=1S/C24H30N4O2/c1-17(2)19-10-8-18(9-11-19)12-13-26-24(29)27-22(23-25-14-15-28(23)3)20-6-5-7-21(16-20)30-4/h5-11,14-17,22H,12-13H2,1-4H3,(H2,26,27,29)/t22-/m1/s1. The molecule has 0 radical (unpaired) electrons. The summed E-state index contributed by atoms with van der Waals surface area (Å²) in [4.78, 5) is 17.1. The van der Waals surface area contributed by atoms with E-state index in [-0.39, 0.29) is 12.1 Å². The van der Waals surface area contributed by atoms with Gasteiger partial charge in [-0.25, -0.2) is 9.78 Å². The number of aromatic nitrogens is 2. The van der Waals surface area contributed by atoms with Crippen molar-refractivity contribution in [2.75, 3.05) is 13.7 Å². The highest BCUT2D eigenvalue weighted by Gasteiger charge is 2.21. The number of nitrogens with zero attached hydrogens (tertiary/aromatic N) is 2. The van der Waals surface area contributed by atoms with Gasteiger partial charge in [-0.1, -0.05) is 50.2 Å². The predicted molar refractivity (Wildman–Crippen MR) is 119 cm³/mol. The van der Waals surface area contributed by atoms with Gasteiger partial charge in [-0.2, -0.15) is 0 Å². The molecule has 0 fully saturated rings. The normalized spacial score (nSPS) is 11.9. The zero-order valence-corrected chi connectivity index (χ0v) is 18.1. The van der Waals surface area contributed by atoms with Crippen molar-refractivity contribution in [2.24, 2.45) is 7.05 Å². The SMILES string of the molecule is COc1cccc([C@@H](NC(=O)NCCc2ccc(C(C)C)cc2)c2nccn2C)c1. The first kappa shape index (κ1) is 21.4. The van der Waals surface area contributed by atoms with Crippen LogP contribution in [0, 0.1) is 0 Å². The lowest BCUT2D eigenvalue weighted by Gasteiger charge is -2.20. The van der Waals surface area contributed by atoms with Gasteiger partial charge in [0.15, 0.2) is 0 Å². The molecule has 1 atom stereocenters. The summed E-state index contributed by atoms with van der Waals surface area (Å²) in [6.45, 7) is 4.92. The van der Waals surface area contributed by atoms with E-state index in [1.165, 1.54) is 11.1 Å². The maximum atomic E-state index is 12.6. The highest BCUT2D eigenvalue weighted by molar-refractivity contribution is 5.74. The van der Waals surface area contributed by atoms with Gasteiger partial charge in [0.05, 0.1) is 7.11 Å². The number of ether oxygens (including phenoxy) is 1. The summed E-state index contributed by atoms with van der Waals surface area (Å²) in [7, 11) is 3.54. The molecule has 6 nitrogen and oxygen atoms in total. The summed E-state index contributed by atoms with van der Waals surface area (Å²) in [5.41, 5.74) is 3.43. The van der Waals surface area contributed by atoms with Crippen LogP contribution in [0.4, 0.5) is 4.79 Å². The fraction of sp³-hybridized carbons (Fsp3) is 0.333. The van der Waals surface area contributed by atoms with Crippen LogP contribution in [0.15, 0.2) is 60.9 Å². The van der Waals surface area contributed by atoms with Gasteiger partial charge in [0.25, 0.3) is 0 Å². The average Bonchev–Trinajstić information content (AvgIpc) is 3.18. The molecule has 3 aromatic rings. The molecule has 0 unspecified atom stereocenters. The number of imidazole rings is 1. The third-order valence-corrected chi connectivity index (χ3v) is 5.16. The quantitative estimate of drug-likeness (QED) is 0.590. The topological polar surface area (TPSA) is 68.2 Å². The summed E-state index contributed by atoms with van der Waals surface area (Å²) < 4.78 is 7.24. The number of carbonyl (C=O) groups excluding carboxylic acids is 1. The minimum Gasteiger partial charge on any atom is -0.497 e. The highest BCUT2D eigenvalue weighted by atomic mass is 16.5. The number of carbonyl (C=O) groups is 1. The molecule has 0 bridgehead atoms. The van der Waals surface area contributed by atoms with Crippen LogP contribution in [-0.2, 0) is 13.5 Å². The molecule has 0 saturated carbocycles. The van der Waals surface area contributed by atoms with Gasteiger partial charge in [-0.3, -0.25) is 0 Å². The Kier molecular flexibility index (Phi) is 7.12. The third kappa shape index (κ3) is 5.41. The van der Waals surface area contributed by atoms with Crippen molar-refractivity contribution in [3.05, 3.63) is 83.4 Å². The van der Waals surface area contributed by atoms with Crippen molar-refractivity contribution < 1.29 is 9.53 Å². The van der Waals surface area contributed by atoms with Crippen molar-refractivity contribution in [3.63, 3.8) is 0 Å².